The molecule has 1 aliphatic heterocycles. The third-order valence-corrected chi connectivity index (χ3v) is 4.53. The number of imidazole rings is 1. The SMILES string of the molecule is Nc1cc[nH]c(=O)n1.O=P(O)(O)OC[C@H]1O[C@@H](n2cnc3c(O)ncnc32)[C@H](O)[C@@H]1O. The fourth-order valence-electron chi connectivity index (χ4n) is 2.68. The quantitative estimate of drug-likeness (QED) is 0.201. The van der Waals surface area contributed by atoms with Crippen molar-refractivity contribution in [3.63, 3.8) is 0 Å². The van der Waals surface area contributed by atoms with E-state index < -0.39 is 44.7 Å². The summed E-state index contributed by atoms with van der Waals surface area (Å²) in [6.45, 7) is -0.619. The number of nitrogens with zero attached hydrogens (tertiary/aromatic N) is 5. The number of phosphoric acid groups is 1. The van der Waals surface area contributed by atoms with Crippen LogP contribution in [0.2, 0.25) is 0 Å². The average molecular weight is 459 g/mol. The summed E-state index contributed by atoms with van der Waals surface area (Å²) in [5.74, 6) is -0.114. The van der Waals surface area contributed by atoms with E-state index in [0.717, 1.165) is 6.33 Å². The van der Waals surface area contributed by atoms with E-state index in [1.165, 1.54) is 23.2 Å². The number of rotatable bonds is 4. The molecule has 8 N–H and O–H groups in total. The van der Waals surface area contributed by atoms with E-state index in [1.807, 2.05) is 0 Å². The number of phosphoric ester groups is 1. The van der Waals surface area contributed by atoms with E-state index in [1.54, 1.807) is 0 Å². The number of anilines is 1. The molecular formula is C14H18N7O9P. The van der Waals surface area contributed by atoms with Gasteiger partial charge in [0.05, 0.1) is 12.9 Å². The summed E-state index contributed by atoms with van der Waals surface area (Å²) in [7, 11) is -4.74. The van der Waals surface area contributed by atoms with E-state index in [0.29, 0.717) is 0 Å². The molecule has 16 nitrogen and oxygen atoms in total. The minimum absolute atomic E-state index is 0.0766. The van der Waals surface area contributed by atoms with Gasteiger partial charge in [0.1, 0.15) is 30.5 Å². The van der Waals surface area contributed by atoms with Gasteiger partial charge in [-0.3, -0.25) is 9.09 Å². The lowest BCUT2D eigenvalue weighted by molar-refractivity contribution is -0.0504. The van der Waals surface area contributed by atoms with E-state index in [2.05, 4.69) is 29.4 Å². The average Bonchev–Trinajstić information content (AvgIpc) is 3.23. The highest BCUT2D eigenvalue weighted by atomic mass is 31.2. The molecule has 0 unspecified atom stereocenters. The van der Waals surface area contributed by atoms with Crippen molar-refractivity contribution in [3.8, 4) is 5.88 Å². The Balaban J connectivity index is 0.000000287. The Labute approximate surface area is 172 Å². The van der Waals surface area contributed by atoms with Gasteiger partial charge in [-0.25, -0.2) is 19.3 Å². The topological polar surface area (TPSA) is 252 Å². The summed E-state index contributed by atoms with van der Waals surface area (Å²) in [6.07, 6.45) is -1.40. The number of hydrogen-bond donors (Lipinski definition) is 7. The van der Waals surface area contributed by atoms with Crippen molar-refractivity contribution in [2.24, 2.45) is 0 Å². The molecule has 4 atom stereocenters. The molecule has 31 heavy (non-hydrogen) atoms. The first-order valence-corrected chi connectivity index (χ1v) is 9.99. The Morgan fingerprint density at radius 3 is 2.61 bits per heavy atom. The number of ether oxygens (including phenoxy) is 1. The number of hydrogen-bond acceptors (Lipinski definition) is 12. The monoisotopic (exact) mass is 459 g/mol. The molecule has 0 saturated carbocycles. The second kappa shape index (κ2) is 9.03. The first-order valence-electron chi connectivity index (χ1n) is 8.46. The van der Waals surface area contributed by atoms with E-state index in [9.17, 15) is 24.7 Å². The maximum Gasteiger partial charge on any atom is 0.469 e. The molecule has 4 rings (SSSR count). The Bertz CT molecular complexity index is 1150. The molecule has 0 amide bonds. The number of aliphatic hydroxyl groups is 2. The zero-order valence-electron chi connectivity index (χ0n) is 15.5. The highest BCUT2D eigenvalue weighted by Gasteiger charge is 2.45. The fraction of sp³-hybridized carbons (Fsp3) is 0.357. The smallest absolute Gasteiger partial charge is 0.469 e. The summed E-state index contributed by atoms with van der Waals surface area (Å²) < 4.78 is 21.6. The molecule has 3 aromatic rings. The van der Waals surface area contributed by atoms with Crippen LogP contribution in [0.3, 0.4) is 0 Å². The summed E-state index contributed by atoms with van der Waals surface area (Å²) in [5.41, 5.74) is 4.95. The summed E-state index contributed by atoms with van der Waals surface area (Å²) in [4.78, 5) is 44.6. The number of nitrogens with one attached hydrogen (secondary N) is 1. The molecular weight excluding hydrogens is 441 g/mol. The van der Waals surface area contributed by atoms with Crippen molar-refractivity contribution >= 4 is 24.8 Å². The number of nitrogens with two attached hydrogens (primary N) is 1. The van der Waals surface area contributed by atoms with Crippen molar-refractivity contribution in [1.82, 2.24) is 29.5 Å². The predicted octanol–water partition coefficient (Wildman–Crippen LogP) is -2.39. The van der Waals surface area contributed by atoms with Crippen LogP contribution < -0.4 is 11.4 Å². The number of aromatic hydroxyl groups is 1. The van der Waals surface area contributed by atoms with E-state index >= 15 is 0 Å². The second-order valence-corrected chi connectivity index (χ2v) is 7.41. The molecule has 0 bridgehead atoms. The van der Waals surface area contributed by atoms with Gasteiger partial charge >= 0.3 is 13.5 Å². The maximum absolute atomic E-state index is 10.7. The zero-order chi connectivity index (χ0) is 22.8. The maximum atomic E-state index is 10.7. The first kappa shape index (κ1) is 22.7. The van der Waals surface area contributed by atoms with Gasteiger partial charge in [0.25, 0.3) is 0 Å². The molecule has 0 aromatic carbocycles. The van der Waals surface area contributed by atoms with Crippen LogP contribution in [-0.4, -0.2) is 79.5 Å². The number of aliphatic hydroxyl groups excluding tert-OH is 2. The number of aromatic nitrogens is 6. The van der Waals surface area contributed by atoms with Gasteiger partial charge in [0.15, 0.2) is 17.4 Å². The molecule has 0 aliphatic carbocycles. The van der Waals surface area contributed by atoms with Crippen molar-refractivity contribution in [2.45, 2.75) is 24.5 Å². The number of fused-ring (bicyclic) bond motifs is 1. The van der Waals surface area contributed by atoms with Crippen LogP contribution in [0.25, 0.3) is 11.2 Å². The van der Waals surface area contributed by atoms with Gasteiger partial charge in [-0.2, -0.15) is 9.97 Å². The van der Waals surface area contributed by atoms with Crippen LogP contribution >= 0.6 is 7.82 Å². The molecule has 168 valence electrons. The number of aromatic amines is 1. The van der Waals surface area contributed by atoms with Gasteiger partial charge < -0.3 is 40.6 Å². The van der Waals surface area contributed by atoms with E-state index in [-0.39, 0.29) is 22.9 Å². The molecule has 0 spiro atoms. The highest BCUT2D eigenvalue weighted by Crippen LogP contribution is 2.38. The Morgan fingerprint density at radius 2 is 2.00 bits per heavy atom. The molecule has 1 aliphatic rings. The second-order valence-electron chi connectivity index (χ2n) is 6.17. The van der Waals surface area contributed by atoms with Crippen LogP contribution in [-0.2, 0) is 13.8 Å². The van der Waals surface area contributed by atoms with Crippen LogP contribution in [0.15, 0.2) is 29.7 Å². The van der Waals surface area contributed by atoms with E-state index in [4.69, 9.17) is 20.3 Å². The van der Waals surface area contributed by atoms with Crippen molar-refractivity contribution in [2.75, 3.05) is 12.3 Å². The van der Waals surface area contributed by atoms with Gasteiger partial charge in [-0.05, 0) is 6.07 Å². The minimum Gasteiger partial charge on any atom is -0.492 e. The minimum atomic E-state index is -4.74. The zero-order valence-corrected chi connectivity index (χ0v) is 16.4. The lowest BCUT2D eigenvalue weighted by Gasteiger charge is -2.16. The molecule has 1 saturated heterocycles. The van der Waals surface area contributed by atoms with Gasteiger partial charge in [-0.15, -0.1) is 0 Å². The molecule has 1 fully saturated rings. The van der Waals surface area contributed by atoms with Crippen LogP contribution in [0.5, 0.6) is 5.88 Å². The van der Waals surface area contributed by atoms with Gasteiger partial charge in [-0.1, -0.05) is 0 Å². The van der Waals surface area contributed by atoms with Crippen LogP contribution in [0.1, 0.15) is 6.23 Å². The van der Waals surface area contributed by atoms with Crippen molar-refractivity contribution in [3.05, 3.63) is 35.4 Å². The lowest BCUT2D eigenvalue weighted by atomic mass is 10.1. The Hall–Kier alpha value is -2.98. The van der Waals surface area contributed by atoms with Crippen molar-refractivity contribution in [1.29, 1.82) is 0 Å². The molecule has 0 radical (unpaired) electrons. The summed E-state index contributed by atoms with van der Waals surface area (Å²) in [5, 5.41) is 29.6. The summed E-state index contributed by atoms with van der Waals surface area (Å²) >= 11 is 0. The predicted molar refractivity (Wildman–Crippen MR) is 100 cm³/mol. The van der Waals surface area contributed by atoms with Gasteiger partial charge in [0, 0.05) is 6.20 Å². The lowest BCUT2D eigenvalue weighted by Crippen LogP contribution is -2.33. The standard InChI is InChI=1S/C10H13N4O8P.C4H5N3O/c15-6-4(1-21-23(18,19)20)22-10(7(6)16)14-3-13-5-8(14)11-2-12-9(5)17;5-3-1-2-6-4(8)7-3/h2-4,6-7,10,15-16H,1H2,(H,11,12,17)(H2,18,19,20);1-2H,(H3,5,6,7,8)/t4-,6-,7-,10-;/m1./s1. The fourth-order valence-corrected chi connectivity index (χ4v) is 3.02. The highest BCUT2D eigenvalue weighted by molar-refractivity contribution is 7.46. The number of H-pyrrole nitrogens is 1. The third-order valence-electron chi connectivity index (χ3n) is 4.05. The van der Waals surface area contributed by atoms with Gasteiger partial charge in [0.2, 0.25) is 5.88 Å². The van der Waals surface area contributed by atoms with Crippen LogP contribution in [0, 0.1) is 0 Å². The van der Waals surface area contributed by atoms with Crippen molar-refractivity contribution < 1.29 is 38.9 Å². The molecule has 4 heterocycles. The third kappa shape index (κ3) is 5.39. The Kier molecular flexibility index (Phi) is 6.61. The molecule has 3 aromatic heterocycles. The Morgan fingerprint density at radius 1 is 1.26 bits per heavy atom. The normalized spacial score (nSPS) is 23.5. The first-order chi connectivity index (χ1) is 14.6. The largest absolute Gasteiger partial charge is 0.492 e. The molecule has 17 heteroatoms. The van der Waals surface area contributed by atoms with Crippen LogP contribution in [0.4, 0.5) is 5.82 Å². The summed E-state index contributed by atoms with van der Waals surface area (Å²) in [6, 6.07) is 1.52. The number of nitrogen functional groups attached to an aromatic ring is 1.